The molecule has 0 saturated carbocycles. The van der Waals surface area contributed by atoms with Crippen LogP contribution in [0.15, 0.2) is 18.2 Å². The summed E-state index contributed by atoms with van der Waals surface area (Å²) in [4.78, 5) is 19.9. The first-order valence-corrected chi connectivity index (χ1v) is 11.8. The highest BCUT2D eigenvalue weighted by Gasteiger charge is 2.45. The zero-order valence-electron chi connectivity index (χ0n) is 18.1. The molecule has 5 rings (SSSR count). The van der Waals surface area contributed by atoms with Crippen LogP contribution in [0.1, 0.15) is 51.9 Å². The highest BCUT2D eigenvalue weighted by molar-refractivity contribution is 5.98. The number of carbonyl (C=O) groups is 1. The number of hydrogen-bond donors (Lipinski definition) is 0. The minimum Gasteiger partial charge on any atom is -0.381 e. The van der Waals surface area contributed by atoms with Crippen LogP contribution in [0.5, 0.6) is 0 Å². The van der Waals surface area contributed by atoms with Crippen LogP contribution >= 0.6 is 0 Å². The smallest absolute Gasteiger partial charge is 0.233 e. The number of ether oxygens (including phenoxy) is 1. The molecule has 4 aliphatic rings. The first-order valence-electron chi connectivity index (χ1n) is 11.8. The normalized spacial score (nSPS) is 29.9. The molecule has 6 heteroatoms. The van der Waals surface area contributed by atoms with E-state index >= 15 is 4.39 Å². The summed E-state index contributed by atoms with van der Waals surface area (Å²) >= 11 is 0. The fourth-order valence-corrected chi connectivity index (χ4v) is 6.19. The first kappa shape index (κ1) is 20.3. The second-order valence-electron chi connectivity index (χ2n) is 9.71. The number of amides is 1. The molecule has 4 fully saturated rings. The van der Waals surface area contributed by atoms with Crippen molar-refractivity contribution in [2.24, 2.45) is 5.41 Å². The van der Waals surface area contributed by atoms with Crippen molar-refractivity contribution < 1.29 is 13.9 Å². The average Bonchev–Trinajstić information content (AvgIpc) is 3.40. The van der Waals surface area contributed by atoms with Crippen molar-refractivity contribution in [1.29, 1.82) is 0 Å². The molecular weight excluding hydrogens is 381 g/mol. The molecule has 0 bridgehead atoms. The van der Waals surface area contributed by atoms with E-state index in [9.17, 15) is 4.79 Å². The lowest BCUT2D eigenvalue weighted by Crippen LogP contribution is -2.51. The van der Waals surface area contributed by atoms with Crippen molar-refractivity contribution in [3.63, 3.8) is 0 Å². The van der Waals surface area contributed by atoms with E-state index in [-0.39, 0.29) is 17.1 Å². The molecular formula is C24H34FN3O2. The number of likely N-dealkylation sites (tertiary alicyclic amines) is 1. The van der Waals surface area contributed by atoms with Crippen LogP contribution in [0.2, 0.25) is 0 Å². The van der Waals surface area contributed by atoms with Gasteiger partial charge < -0.3 is 14.5 Å². The van der Waals surface area contributed by atoms with Crippen LogP contribution in [0, 0.1) is 11.2 Å². The summed E-state index contributed by atoms with van der Waals surface area (Å²) in [6.45, 7) is 7.26. The Kier molecular flexibility index (Phi) is 5.48. The van der Waals surface area contributed by atoms with Gasteiger partial charge in [0.2, 0.25) is 5.91 Å². The monoisotopic (exact) mass is 415 g/mol. The minimum atomic E-state index is -0.305. The number of rotatable bonds is 3. The number of hydrogen-bond acceptors (Lipinski definition) is 4. The number of benzene rings is 1. The maximum absolute atomic E-state index is 15.2. The molecule has 0 unspecified atom stereocenters. The van der Waals surface area contributed by atoms with Crippen LogP contribution in [0.25, 0.3) is 0 Å². The van der Waals surface area contributed by atoms with Gasteiger partial charge in [-0.15, -0.1) is 0 Å². The van der Waals surface area contributed by atoms with E-state index in [0.717, 1.165) is 45.2 Å². The summed E-state index contributed by atoms with van der Waals surface area (Å²) in [5.41, 5.74) is 1.08. The molecule has 4 saturated heterocycles. The van der Waals surface area contributed by atoms with Gasteiger partial charge in [0.15, 0.2) is 0 Å². The summed E-state index contributed by atoms with van der Waals surface area (Å²) < 4.78 is 20.7. The average molecular weight is 416 g/mol. The van der Waals surface area contributed by atoms with Crippen molar-refractivity contribution in [3.8, 4) is 0 Å². The van der Waals surface area contributed by atoms with Gasteiger partial charge in [0.1, 0.15) is 5.82 Å². The van der Waals surface area contributed by atoms with Gasteiger partial charge in [-0.05, 0) is 76.6 Å². The first-order chi connectivity index (χ1) is 14.6. The highest BCUT2D eigenvalue weighted by atomic mass is 19.1. The number of anilines is 2. The topological polar surface area (TPSA) is 36.0 Å². The number of halogens is 1. The summed E-state index contributed by atoms with van der Waals surface area (Å²) in [6.07, 6.45) is 7.11. The summed E-state index contributed by atoms with van der Waals surface area (Å²) in [5, 5.41) is 0. The summed E-state index contributed by atoms with van der Waals surface area (Å²) in [6, 6.07) is 6.58. The Hall–Kier alpha value is -1.66. The molecule has 0 N–H and O–H groups in total. The maximum atomic E-state index is 15.2. The van der Waals surface area contributed by atoms with Gasteiger partial charge in [0.05, 0.1) is 11.1 Å². The quantitative estimate of drug-likeness (QED) is 0.752. The molecule has 1 aromatic carbocycles. The number of piperidine rings is 1. The Labute approximate surface area is 179 Å². The Balaban J connectivity index is 1.31. The van der Waals surface area contributed by atoms with Crippen LogP contribution in [0.3, 0.4) is 0 Å². The molecule has 0 aliphatic carbocycles. The largest absolute Gasteiger partial charge is 0.381 e. The fourth-order valence-electron chi connectivity index (χ4n) is 6.19. The molecule has 1 amide bonds. The zero-order valence-corrected chi connectivity index (χ0v) is 18.1. The Morgan fingerprint density at radius 1 is 1.07 bits per heavy atom. The summed E-state index contributed by atoms with van der Waals surface area (Å²) in [7, 11) is 0. The Morgan fingerprint density at radius 3 is 2.63 bits per heavy atom. The predicted octanol–water partition coefficient (Wildman–Crippen LogP) is 3.81. The van der Waals surface area contributed by atoms with Gasteiger partial charge in [-0.25, -0.2) is 4.39 Å². The van der Waals surface area contributed by atoms with Gasteiger partial charge in [0, 0.05) is 50.6 Å². The third-order valence-corrected chi connectivity index (χ3v) is 8.01. The minimum absolute atomic E-state index is 0.161. The molecule has 1 spiro atoms. The van der Waals surface area contributed by atoms with Crippen LogP contribution in [-0.4, -0.2) is 62.3 Å². The van der Waals surface area contributed by atoms with E-state index in [0.29, 0.717) is 43.2 Å². The lowest BCUT2D eigenvalue weighted by atomic mass is 9.73. The Morgan fingerprint density at radius 2 is 1.90 bits per heavy atom. The Bertz CT molecular complexity index is 789. The molecule has 164 valence electrons. The highest BCUT2D eigenvalue weighted by Crippen LogP contribution is 2.42. The molecule has 5 nitrogen and oxygen atoms in total. The zero-order chi connectivity index (χ0) is 20.7. The fraction of sp³-hybridized carbons (Fsp3) is 0.708. The molecule has 0 radical (unpaired) electrons. The van der Waals surface area contributed by atoms with Crippen molar-refractivity contribution in [3.05, 3.63) is 24.0 Å². The third-order valence-electron chi connectivity index (χ3n) is 8.01. The van der Waals surface area contributed by atoms with Crippen molar-refractivity contribution in [1.82, 2.24) is 4.90 Å². The van der Waals surface area contributed by atoms with Crippen LogP contribution < -0.4 is 9.80 Å². The molecule has 30 heavy (non-hydrogen) atoms. The van der Waals surface area contributed by atoms with Gasteiger partial charge in [-0.2, -0.15) is 0 Å². The standard InChI is InChI=1S/C24H34FN3O2/c1-18-4-2-11-27(18)20-7-13-26(17-20)22-6-5-19(16-21(22)25)28-12-3-8-24(23(28)29)9-14-30-15-10-24/h5-6,16,18,20H,2-4,7-15,17H2,1H3/t18-,20-/m0/s1. The summed E-state index contributed by atoms with van der Waals surface area (Å²) in [5.74, 6) is -0.0459. The SMILES string of the molecule is C[C@H]1CCCN1[C@H]1CCN(c2ccc(N3CCCC4(CCOCC4)C3=O)cc2F)C1. The molecule has 1 aromatic rings. The van der Waals surface area contributed by atoms with Gasteiger partial charge in [-0.3, -0.25) is 9.69 Å². The van der Waals surface area contributed by atoms with E-state index in [1.807, 2.05) is 17.0 Å². The van der Waals surface area contributed by atoms with E-state index in [4.69, 9.17) is 4.74 Å². The van der Waals surface area contributed by atoms with Gasteiger partial charge in [0.25, 0.3) is 0 Å². The lowest BCUT2D eigenvalue weighted by Gasteiger charge is -2.43. The molecule has 4 aliphatic heterocycles. The predicted molar refractivity (Wildman–Crippen MR) is 116 cm³/mol. The van der Waals surface area contributed by atoms with Gasteiger partial charge in [-0.1, -0.05) is 0 Å². The van der Waals surface area contributed by atoms with Gasteiger partial charge >= 0.3 is 0 Å². The van der Waals surface area contributed by atoms with Crippen LogP contribution in [-0.2, 0) is 9.53 Å². The van der Waals surface area contributed by atoms with Crippen molar-refractivity contribution >= 4 is 17.3 Å². The lowest BCUT2D eigenvalue weighted by molar-refractivity contribution is -0.136. The van der Waals surface area contributed by atoms with Crippen LogP contribution in [0.4, 0.5) is 15.8 Å². The number of nitrogens with zero attached hydrogens (tertiary/aromatic N) is 3. The molecule has 4 heterocycles. The molecule has 0 aromatic heterocycles. The van der Waals surface area contributed by atoms with E-state index in [1.54, 1.807) is 6.07 Å². The van der Waals surface area contributed by atoms with E-state index in [2.05, 4.69) is 16.7 Å². The van der Waals surface area contributed by atoms with Crippen molar-refractivity contribution in [2.75, 3.05) is 49.2 Å². The van der Waals surface area contributed by atoms with Crippen molar-refractivity contribution in [2.45, 2.75) is 64.0 Å². The second-order valence-corrected chi connectivity index (χ2v) is 9.71. The maximum Gasteiger partial charge on any atom is 0.233 e. The van der Waals surface area contributed by atoms with E-state index in [1.165, 1.54) is 19.4 Å². The van der Waals surface area contributed by atoms with E-state index < -0.39 is 0 Å². The number of carbonyl (C=O) groups excluding carboxylic acids is 1. The third kappa shape index (κ3) is 3.52. The second kappa shape index (κ2) is 8.12. The molecule has 2 atom stereocenters.